The molecular formula is C16H18BrN7. The molecule has 0 amide bonds. The number of hydrogen-bond donors (Lipinski definition) is 2. The van der Waals surface area contributed by atoms with Gasteiger partial charge >= 0.3 is 0 Å². The summed E-state index contributed by atoms with van der Waals surface area (Å²) in [7, 11) is 0. The normalized spacial score (nSPS) is 17.8. The number of aromatic amines is 1. The lowest BCUT2D eigenvalue weighted by Gasteiger charge is -2.16. The van der Waals surface area contributed by atoms with E-state index in [2.05, 4.69) is 47.5 Å². The van der Waals surface area contributed by atoms with Gasteiger partial charge in [0.15, 0.2) is 11.6 Å². The molecule has 1 aliphatic carbocycles. The van der Waals surface area contributed by atoms with Gasteiger partial charge in [-0.3, -0.25) is 5.10 Å². The van der Waals surface area contributed by atoms with Crippen molar-refractivity contribution in [1.82, 2.24) is 24.8 Å². The largest absolute Gasteiger partial charge is 0.340 e. The number of nitrogens with one attached hydrogen (secondary N) is 2. The summed E-state index contributed by atoms with van der Waals surface area (Å²) < 4.78 is 2.86. The number of anilines is 3. The van der Waals surface area contributed by atoms with Gasteiger partial charge < -0.3 is 10.2 Å². The van der Waals surface area contributed by atoms with Crippen LogP contribution in [-0.4, -0.2) is 37.9 Å². The first-order valence-electron chi connectivity index (χ1n) is 8.39. The van der Waals surface area contributed by atoms with E-state index < -0.39 is 0 Å². The number of hydrogen-bond acceptors (Lipinski definition) is 5. The molecule has 0 radical (unpaired) electrons. The minimum Gasteiger partial charge on any atom is -0.340 e. The molecule has 24 heavy (non-hydrogen) atoms. The van der Waals surface area contributed by atoms with Crippen molar-refractivity contribution < 1.29 is 0 Å². The molecule has 0 atom stereocenters. The van der Waals surface area contributed by atoms with Gasteiger partial charge in [0, 0.05) is 41.4 Å². The second-order valence-corrected chi connectivity index (χ2v) is 7.47. The van der Waals surface area contributed by atoms with E-state index in [1.54, 1.807) is 0 Å². The number of rotatable bonds is 4. The first-order chi connectivity index (χ1) is 11.8. The Kier molecular flexibility index (Phi) is 3.26. The summed E-state index contributed by atoms with van der Waals surface area (Å²) in [5, 5.41) is 15.5. The maximum atomic E-state index is 4.77. The number of H-pyrrole nitrogens is 1. The van der Waals surface area contributed by atoms with Crippen molar-refractivity contribution in [2.24, 2.45) is 0 Å². The number of aromatic nitrogens is 5. The lowest BCUT2D eigenvalue weighted by molar-refractivity contribution is 0.826. The Bertz CT molecular complexity index is 889. The van der Waals surface area contributed by atoms with Crippen LogP contribution in [0.2, 0.25) is 0 Å². The Morgan fingerprint density at radius 3 is 2.83 bits per heavy atom. The average Bonchev–Trinajstić information content (AvgIpc) is 3.00. The average molecular weight is 388 g/mol. The number of fused-ring (bicyclic) bond motifs is 1. The van der Waals surface area contributed by atoms with Gasteiger partial charge in [-0.15, -0.1) is 5.10 Å². The van der Waals surface area contributed by atoms with E-state index in [0.29, 0.717) is 5.92 Å². The highest BCUT2D eigenvalue weighted by Crippen LogP contribution is 2.39. The Morgan fingerprint density at radius 1 is 1.21 bits per heavy atom. The van der Waals surface area contributed by atoms with Crippen molar-refractivity contribution >= 4 is 39.0 Å². The molecule has 1 aliphatic heterocycles. The fraction of sp³-hybridized carbons (Fsp3) is 0.438. The summed E-state index contributed by atoms with van der Waals surface area (Å²) in [4.78, 5) is 7.00. The first kappa shape index (κ1) is 14.3. The van der Waals surface area contributed by atoms with E-state index in [0.717, 1.165) is 40.7 Å². The quantitative estimate of drug-likeness (QED) is 0.716. The highest BCUT2D eigenvalue weighted by atomic mass is 79.9. The van der Waals surface area contributed by atoms with Gasteiger partial charge in [0.1, 0.15) is 5.52 Å². The third-order valence-electron chi connectivity index (χ3n) is 4.67. The van der Waals surface area contributed by atoms with E-state index in [9.17, 15) is 0 Å². The second kappa shape index (κ2) is 5.47. The summed E-state index contributed by atoms with van der Waals surface area (Å²) in [6, 6.07) is 4.11. The topological polar surface area (TPSA) is 74.1 Å². The van der Waals surface area contributed by atoms with Crippen LogP contribution in [0.25, 0.3) is 5.52 Å². The van der Waals surface area contributed by atoms with E-state index in [-0.39, 0.29) is 0 Å². The van der Waals surface area contributed by atoms with Gasteiger partial charge in [-0.25, -0.2) is 4.52 Å². The summed E-state index contributed by atoms with van der Waals surface area (Å²) >= 11 is 3.53. The highest BCUT2D eigenvalue weighted by Gasteiger charge is 2.26. The SMILES string of the molecule is Brc1cc2c(Nc3cc(C4CC4)[nH]n3)nc(N3CCCC3)nn2c1. The molecule has 0 unspecified atom stereocenters. The zero-order valence-electron chi connectivity index (χ0n) is 13.2. The van der Waals surface area contributed by atoms with Crippen LogP contribution in [0.3, 0.4) is 0 Å². The van der Waals surface area contributed by atoms with Crippen LogP contribution in [0.15, 0.2) is 22.8 Å². The fourth-order valence-corrected chi connectivity index (χ4v) is 3.64. The predicted octanol–water partition coefficient (Wildman–Crippen LogP) is 3.44. The van der Waals surface area contributed by atoms with Crippen LogP contribution in [0, 0.1) is 0 Å². The van der Waals surface area contributed by atoms with Crippen molar-refractivity contribution in [3.05, 3.63) is 28.5 Å². The molecule has 7 nitrogen and oxygen atoms in total. The fourth-order valence-electron chi connectivity index (χ4n) is 3.22. The first-order valence-corrected chi connectivity index (χ1v) is 9.19. The molecule has 0 bridgehead atoms. The molecule has 2 aliphatic rings. The molecular weight excluding hydrogens is 370 g/mol. The Balaban J connectivity index is 1.53. The Morgan fingerprint density at radius 2 is 2.04 bits per heavy atom. The minimum absolute atomic E-state index is 0.654. The van der Waals surface area contributed by atoms with E-state index in [1.807, 2.05) is 16.8 Å². The van der Waals surface area contributed by atoms with Crippen molar-refractivity contribution in [2.75, 3.05) is 23.3 Å². The molecule has 0 spiro atoms. The third-order valence-corrected chi connectivity index (χ3v) is 5.10. The maximum absolute atomic E-state index is 4.77. The van der Waals surface area contributed by atoms with Crippen LogP contribution in [0.5, 0.6) is 0 Å². The molecule has 1 saturated heterocycles. The number of halogens is 1. The van der Waals surface area contributed by atoms with Crippen molar-refractivity contribution in [1.29, 1.82) is 0 Å². The third kappa shape index (κ3) is 2.54. The molecule has 4 heterocycles. The Labute approximate surface area is 147 Å². The standard InChI is InChI=1S/C16H18BrN7/c17-11-7-13-15(18-14-8-12(20-21-14)10-3-4-10)19-16(22-24(13)9-11)23-5-1-2-6-23/h7-10H,1-6H2,(H2,18,19,20,21,22). The van der Waals surface area contributed by atoms with Crippen molar-refractivity contribution in [3.8, 4) is 0 Å². The monoisotopic (exact) mass is 387 g/mol. The zero-order chi connectivity index (χ0) is 16.1. The van der Waals surface area contributed by atoms with Gasteiger partial charge in [0.05, 0.1) is 0 Å². The molecule has 2 fully saturated rings. The highest BCUT2D eigenvalue weighted by molar-refractivity contribution is 9.10. The van der Waals surface area contributed by atoms with E-state index >= 15 is 0 Å². The zero-order valence-corrected chi connectivity index (χ0v) is 14.8. The molecule has 0 aromatic carbocycles. The predicted molar refractivity (Wildman–Crippen MR) is 96.0 cm³/mol. The van der Waals surface area contributed by atoms with E-state index in [1.165, 1.54) is 31.4 Å². The molecule has 8 heteroatoms. The van der Waals surface area contributed by atoms with Crippen molar-refractivity contribution in [3.63, 3.8) is 0 Å². The molecule has 2 N–H and O–H groups in total. The van der Waals surface area contributed by atoms with Crippen LogP contribution < -0.4 is 10.2 Å². The smallest absolute Gasteiger partial charge is 0.245 e. The number of nitrogens with zero attached hydrogens (tertiary/aromatic N) is 5. The molecule has 5 rings (SSSR count). The van der Waals surface area contributed by atoms with Crippen LogP contribution in [-0.2, 0) is 0 Å². The molecule has 3 aromatic heterocycles. The molecule has 3 aromatic rings. The summed E-state index contributed by atoms with van der Waals surface area (Å²) in [6.07, 6.45) is 6.86. The summed E-state index contributed by atoms with van der Waals surface area (Å²) in [5.41, 5.74) is 2.14. The van der Waals surface area contributed by atoms with Crippen LogP contribution in [0.4, 0.5) is 17.6 Å². The minimum atomic E-state index is 0.654. The second-order valence-electron chi connectivity index (χ2n) is 6.55. The van der Waals surface area contributed by atoms with Gasteiger partial charge in [-0.05, 0) is 47.7 Å². The van der Waals surface area contributed by atoms with Gasteiger partial charge in [0.25, 0.3) is 0 Å². The maximum Gasteiger partial charge on any atom is 0.245 e. The Hall–Kier alpha value is -2.09. The van der Waals surface area contributed by atoms with Crippen LogP contribution in [0.1, 0.15) is 37.3 Å². The van der Waals surface area contributed by atoms with Gasteiger partial charge in [-0.1, -0.05) is 0 Å². The lowest BCUT2D eigenvalue weighted by Crippen LogP contribution is -2.22. The molecule has 1 saturated carbocycles. The van der Waals surface area contributed by atoms with E-state index in [4.69, 9.17) is 4.98 Å². The summed E-state index contributed by atoms with van der Waals surface area (Å²) in [6.45, 7) is 2.03. The van der Waals surface area contributed by atoms with Gasteiger partial charge in [0.2, 0.25) is 5.95 Å². The van der Waals surface area contributed by atoms with Crippen LogP contribution >= 0.6 is 15.9 Å². The summed E-state index contributed by atoms with van der Waals surface area (Å²) in [5.74, 6) is 3.01. The van der Waals surface area contributed by atoms with Crippen molar-refractivity contribution in [2.45, 2.75) is 31.6 Å². The molecule has 124 valence electrons. The van der Waals surface area contributed by atoms with Gasteiger partial charge in [-0.2, -0.15) is 10.1 Å². The lowest BCUT2D eigenvalue weighted by atomic mass is 10.3.